The lowest BCUT2D eigenvalue weighted by Crippen LogP contribution is -2.31. The van der Waals surface area contributed by atoms with E-state index in [9.17, 15) is 24.2 Å². The molecule has 0 aliphatic carbocycles. The number of carbonyl (C=O) groups excluding carboxylic acids is 2. The van der Waals surface area contributed by atoms with E-state index in [-0.39, 0.29) is 31.1 Å². The van der Waals surface area contributed by atoms with E-state index in [4.69, 9.17) is 4.74 Å². The van der Waals surface area contributed by atoms with Crippen molar-refractivity contribution in [3.63, 3.8) is 0 Å². The van der Waals surface area contributed by atoms with E-state index < -0.39 is 29.2 Å². The molecule has 0 bridgehead atoms. The normalized spacial score (nSPS) is 14.7. The van der Waals surface area contributed by atoms with Gasteiger partial charge in [0.15, 0.2) is 0 Å². The molecule has 2 unspecified atom stereocenters. The van der Waals surface area contributed by atoms with Gasteiger partial charge in [-0.1, -0.05) is 44.2 Å². The number of rotatable bonds is 8. The van der Waals surface area contributed by atoms with Crippen molar-refractivity contribution >= 4 is 17.6 Å². The average Bonchev–Trinajstić information content (AvgIpc) is 3.20. The Morgan fingerprint density at radius 2 is 1.86 bits per heavy atom. The van der Waals surface area contributed by atoms with Gasteiger partial charge in [0.25, 0.3) is 0 Å². The van der Waals surface area contributed by atoms with Crippen LogP contribution >= 0.6 is 0 Å². The number of halogens is 1. The fraction of sp³-hybridized carbons (Fsp3) is 0.286. The van der Waals surface area contributed by atoms with E-state index >= 15 is 0 Å². The Morgan fingerprint density at radius 1 is 1.11 bits per heavy atom. The number of phenols is 1. The van der Waals surface area contributed by atoms with Crippen LogP contribution in [-0.2, 0) is 21.6 Å². The molecule has 0 fully saturated rings. The predicted molar refractivity (Wildman–Crippen MR) is 129 cm³/mol. The van der Waals surface area contributed by atoms with Crippen molar-refractivity contribution < 1.29 is 28.9 Å². The summed E-state index contributed by atoms with van der Waals surface area (Å²) in [4.78, 5) is 25.2. The lowest BCUT2D eigenvalue weighted by molar-refractivity contribution is -0.121. The molecule has 3 aromatic carbocycles. The van der Waals surface area contributed by atoms with Crippen LogP contribution < -0.4 is 5.32 Å². The van der Waals surface area contributed by atoms with E-state index in [1.807, 2.05) is 32.0 Å². The zero-order valence-corrected chi connectivity index (χ0v) is 19.6. The number of fused-ring (bicyclic) bond motifs is 1. The van der Waals surface area contributed by atoms with Crippen LogP contribution in [0.25, 0.3) is 0 Å². The summed E-state index contributed by atoms with van der Waals surface area (Å²) in [5.41, 5.74) is 1.98. The molecule has 0 saturated heterocycles. The number of carbonyl (C=O) groups is 2. The Bertz CT molecular complexity index is 1240. The highest BCUT2D eigenvalue weighted by Gasteiger charge is 2.33. The highest BCUT2D eigenvalue weighted by atomic mass is 19.1. The summed E-state index contributed by atoms with van der Waals surface area (Å²) in [6, 6.07) is 17.8. The van der Waals surface area contributed by atoms with Gasteiger partial charge in [-0.2, -0.15) is 0 Å². The van der Waals surface area contributed by atoms with Crippen LogP contribution in [-0.4, -0.2) is 22.1 Å². The second-order valence-electron chi connectivity index (χ2n) is 9.55. The lowest BCUT2D eigenvalue weighted by Gasteiger charge is -2.31. The first-order chi connectivity index (χ1) is 16.6. The Kier molecular flexibility index (Phi) is 6.89. The molecule has 0 spiro atoms. The van der Waals surface area contributed by atoms with Crippen LogP contribution in [0.5, 0.6) is 5.75 Å². The quantitative estimate of drug-likeness (QED) is 0.385. The summed E-state index contributed by atoms with van der Waals surface area (Å²) in [6.07, 6.45) is -0.524. The molecule has 0 radical (unpaired) electrons. The van der Waals surface area contributed by atoms with E-state index in [1.165, 1.54) is 18.2 Å². The third-order valence-corrected chi connectivity index (χ3v) is 6.46. The van der Waals surface area contributed by atoms with Crippen LogP contribution in [0.2, 0.25) is 0 Å². The summed E-state index contributed by atoms with van der Waals surface area (Å²) in [5, 5.41) is 24.1. The lowest BCUT2D eigenvalue weighted by atomic mass is 9.74. The molecule has 1 amide bonds. The maximum Gasteiger partial charge on any atom is 0.338 e. The number of benzene rings is 3. The number of amides is 1. The van der Waals surface area contributed by atoms with Crippen molar-refractivity contribution in [2.24, 2.45) is 5.92 Å². The van der Waals surface area contributed by atoms with Crippen LogP contribution in [0.3, 0.4) is 0 Å². The number of phenolic OH excluding ortho intramolecular Hbond substituents is 1. The van der Waals surface area contributed by atoms with Gasteiger partial charge in [0.05, 0.1) is 11.7 Å². The zero-order valence-electron chi connectivity index (χ0n) is 19.6. The second kappa shape index (κ2) is 9.88. The third-order valence-electron chi connectivity index (χ3n) is 6.46. The minimum absolute atomic E-state index is 0.0533. The SMILES string of the molecule is CC(C)(CC(CC(O)c1ccccc1)C(=O)Nc1ccc2c(c1)COC2=O)c1cc(F)ccc1O. The number of hydrogen-bond donors (Lipinski definition) is 3. The van der Waals surface area contributed by atoms with Gasteiger partial charge in [0.1, 0.15) is 18.2 Å². The van der Waals surface area contributed by atoms with Gasteiger partial charge >= 0.3 is 5.97 Å². The Hall–Kier alpha value is -3.71. The van der Waals surface area contributed by atoms with Crippen LogP contribution in [0, 0.1) is 11.7 Å². The minimum atomic E-state index is -0.894. The number of nitrogens with one attached hydrogen (secondary N) is 1. The molecule has 1 aliphatic rings. The molecule has 2 atom stereocenters. The highest BCUT2D eigenvalue weighted by molar-refractivity contribution is 5.96. The number of aliphatic hydroxyl groups is 1. The number of aliphatic hydroxyl groups excluding tert-OH is 1. The Balaban J connectivity index is 1.60. The fourth-order valence-corrected chi connectivity index (χ4v) is 4.60. The number of hydrogen-bond acceptors (Lipinski definition) is 5. The van der Waals surface area contributed by atoms with Crippen molar-refractivity contribution in [1.82, 2.24) is 0 Å². The average molecular weight is 478 g/mol. The van der Waals surface area contributed by atoms with E-state index in [2.05, 4.69) is 5.32 Å². The molecule has 3 N–H and O–H groups in total. The first-order valence-corrected chi connectivity index (χ1v) is 11.5. The van der Waals surface area contributed by atoms with E-state index in [0.717, 1.165) is 0 Å². The smallest absolute Gasteiger partial charge is 0.338 e. The minimum Gasteiger partial charge on any atom is -0.508 e. The van der Waals surface area contributed by atoms with Gasteiger partial charge in [-0.3, -0.25) is 4.79 Å². The molecule has 4 rings (SSSR count). The molecule has 7 heteroatoms. The number of cyclic esters (lactones) is 1. The molecular weight excluding hydrogens is 449 g/mol. The van der Waals surface area contributed by atoms with Gasteiger partial charge in [-0.05, 0) is 60.2 Å². The molecule has 6 nitrogen and oxygen atoms in total. The first kappa shape index (κ1) is 24.4. The molecule has 182 valence electrons. The van der Waals surface area contributed by atoms with Crippen molar-refractivity contribution in [1.29, 1.82) is 0 Å². The number of aromatic hydroxyl groups is 1. The van der Waals surface area contributed by atoms with Gasteiger partial charge in [0, 0.05) is 22.7 Å². The van der Waals surface area contributed by atoms with E-state index in [1.54, 1.807) is 30.3 Å². The largest absolute Gasteiger partial charge is 0.508 e. The first-order valence-electron chi connectivity index (χ1n) is 11.5. The standard InChI is InChI=1S/C28H28FNO5/c1-28(2,23-14-20(29)8-11-24(23)31)15-18(13-25(32)17-6-4-3-5-7-17)26(33)30-21-9-10-22-19(12-21)16-35-27(22)34/h3-12,14,18,25,31-32H,13,15-16H2,1-2H3,(H,30,33). The Morgan fingerprint density at radius 3 is 2.60 bits per heavy atom. The van der Waals surface area contributed by atoms with Crippen molar-refractivity contribution in [2.75, 3.05) is 5.32 Å². The summed E-state index contributed by atoms with van der Waals surface area (Å²) in [5.74, 6) is -1.92. The Labute approximate surface area is 203 Å². The predicted octanol–water partition coefficient (Wildman–Crippen LogP) is 5.25. The molecule has 35 heavy (non-hydrogen) atoms. The molecule has 0 aromatic heterocycles. The van der Waals surface area contributed by atoms with Crippen LogP contribution in [0.1, 0.15) is 59.8 Å². The summed E-state index contributed by atoms with van der Waals surface area (Å²) >= 11 is 0. The number of anilines is 1. The fourth-order valence-electron chi connectivity index (χ4n) is 4.60. The highest BCUT2D eigenvalue weighted by Crippen LogP contribution is 2.39. The summed E-state index contributed by atoms with van der Waals surface area (Å²) in [6.45, 7) is 3.81. The maximum atomic E-state index is 14.0. The zero-order chi connectivity index (χ0) is 25.2. The van der Waals surface area contributed by atoms with Gasteiger partial charge in [0.2, 0.25) is 5.91 Å². The molecule has 0 saturated carbocycles. The topological polar surface area (TPSA) is 95.9 Å². The monoisotopic (exact) mass is 477 g/mol. The van der Waals surface area contributed by atoms with Crippen LogP contribution in [0.15, 0.2) is 66.7 Å². The van der Waals surface area contributed by atoms with Gasteiger partial charge < -0.3 is 20.3 Å². The maximum absolute atomic E-state index is 14.0. The molecule has 1 heterocycles. The number of esters is 1. The van der Waals surface area contributed by atoms with Crippen molar-refractivity contribution in [3.8, 4) is 5.75 Å². The van der Waals surface area contributed by atoms with Crippen molar-refractivity contribution in [2.45, 2.75) is 44.8 Å². The third kappa shape index (κ3) is 5.52. The van der Waals surface area contributed by atoms with Gasteiger partial charge in [-0.15, -0.1) is 0 Å². The summed E-state index contributed by atoms with van der Waals surface area (Å²) < 4.78 is 19.0. The molecular formula is C28H28FNO5. The van der Waals surface area contributed by atoms with Gasteiger partial charge in [-0.25, -0.2) is 9.18 Å². The number of ether oxygens (including phenoxy) is 1. The molecule has 1 aliphatic heterocycles. The molecule has 3 aromatic rings. The van der Waals surface area contributed by atoms with Crippen LogP contribution in [0.4, 0.5) is 10.1 Å². The summed E-state index contributed by atoms with van der Waals surface area (Å²) in [7, 11) is 0. The van der Waals surface area contributed by atoms with E-state index in [0.29, 0.717) is 27.9 Å². The second-order valence-corrected chi connectivity index (χ2v) is 9.55. The van der Waals surface area contributed by atoms with Crippen molar-refractivity contribution in [3.05, 3.63) is 94.8 Å².